The van der Waals surface area contributed by atoms with E-state index in [1.165, 1.54) is 16.6 Å². The van der Waals surface area contributed by atoms with Crippen molar-refractivity contribution in [2.75, 3.05) is 12.9 Å². The molecule has 0 saturated carbocycles. The van der Waals surface area contributed by atoms with Gasteiger partial charge in [-0.2, -0.15) is 5.10 Å². The standard InChI is InChI=1S/C26H23BrN4O3S2/c1-34-20-8-4-2-6-16(20)14-28-30-22(32)15-35-26-29-24-23(19-7-3-5-9-21(19)36-24)25(33)31(26)18-12-10-17(27)11-13-18/h2,4,6,8,10-14H,3,5,7,9,15H2,1H3,(H,30,32). The number of hydrazone groups is 1. The number of aryl methyl sites for hydroxylation is 2. The van der Waals surface area contributed by atoms with E-state index in [4.69, 9.17) is 9.72 Å². The van der Waals surface area contributed by atoms with Crippen molar-refractivity contribution in [3.63, 3.8) is 0 Å². The highest BCUT2D eigenvalue weighted by Gasteiger charge is 2.23. The number of thiophene rings is 1. The van der Waals surface area contributed by atoms with Crippen LogP contribution < -0.4 is 15.7 Å². The highest BCUT2D eigenvalue weighted by molar-refractivity contribution is 9.10. The minimum Gasteiger partial charge on any atom is -0.496 e. The maximum Gasteiger partial charge on any atom is 0.267 e. The number of rotatable bonds is 7. The molecule has 2 aromatic heterocycles. The lowest BCUT2D eigenvalue weighted by molar-refractivity contribution is -0.118. The Balaban J connectivity index is 1.42. The molecule has 10 heteroatoms. The van der Waals surface area contributed by atoms with E-state index in [0.29, 0.717) is 22.0 Å². The fourth-order valence-corrected chi connectivity index (χ4v) is 6.58. The van der Waals surface area contributed by atoms with Gasteiger partial charge in [0.1, 0.15) is 10.6 Å². The van der Waals surface area contributed by atoms with E-state index in [0.717, 1.165) is 46.1 Å². The lowest BCUT2D eigenvalue weighted by Crippen LogP contribution is -2.24. The van der Waals surface area contributed by atoms with E-state index in [1.54, 1.807) is 29.2 Å². The van der Waals surface area contributed by atoms with Crippen LogP contribution in [-0.4, -0.2) is 34.5 Å². The van der Waals surface area contributed by atoms with Crippen molar-refractivity contribution in [2.45, 2.75) is 30.8 Å². The highest BCUT2D eigenvalue weighted by atomic mass is 79.9. The average molecular weight is 584 g/mol. The van der Waals surface area contributed by atoms with Gasteiger partial charge in [-0.15, -0.1) is 11.3 Å². The topological polar surface area (TPSA) is 85.6 Å². The fourth-order valence-electron chi connectivity index (χ4n) is 4.21. The zero-order valence-corrected chi connectivity index (χ0v) is 22.7. The van der Waals surface area contributed by atoms with Crippen LogP contribution in [0.15, 0.2) is 68.1 Å². The van der Waals surface area contributed by atoms with Crippen molar-refractivity contribution in [3.8, 4) is 11.4 Å². The number of aromatic nitrogens is 2. The number of hydrogen-bond donors (Lipinski definition) is 1. The first kappa shape index (κ1) is 24.7. The number of thioether (sulfide) groups is 1. The molecule has 0 spiro atoms. The lowest BCUT2D eigenvalue weighted by Gasteiger charge is -2.13. The van der Waals surface area contributed by atoms with Crippen LogP contribution in [0.25, 0.3) is 15.9 Å². The Morgan fingerprint density at radius 1 is 1.22 bits per heavy atom. The van der Waals surface area contributed by atoms with Gasteiger partial charge in [0.25, 0.3) is 11.5 Å². The van der Waals surface area contributed by atoms with E-state index >= 15 is 0 Å². The third-order valence-corrected chi connectivity index (χ3v) is 8.56. The molecule has 0 unspecified atom stereocenters. The van der Waals surface area contributed by atoms with Crippen LogP contribution in [0.1, 0.15) is 28.8 Å². The SMILES string of the molecule is COc1ccccc1C=NNC(=O)CSc1nc2sc3c(c2c(=O)n1-c1ccc(Br)cc1)CCCC3. The molecule has 5 rings (SSSR count). The fraction of sp³-hybridized carbons (Fsp3) is 0.231. The lowest BCUT2D eigenvalue weighted by atomic mass is 9.97. The predicted molar refractivity (Wildman–Crippen MR) is 149 cm³/mol. The monoisotopic (exact) mass is 582 g/mol. The molecule has 184 valence electrons. The van der Waals surface area contributed by atoms with Gasteiger partial charge in [0.15, 0.2) is 5.16 Å². The van der Waals surface area contributed by atoms with E-state index in [2.05, 4.69) is 26.5 Å². The van der Waals surface area contributed by atoms with Crippen molar-refractivity contribution in [3.05, 3.63) is 79.4 Å². The minimum atomic E-state index is -0.298. The summed E-state index contributed by atoms with van der Waals surface area (Å²) in [6, 6.07) is 14.9. The first-order chi connectivity index (χ1) is 17.5. The number of carbonyl (C=O) groups excluding carboxylic acids is 1. The van der Waals surface area contributed by atoms with Crippen molar-refractivity contribution < 1.29 is 9.53 Å². The van der Waals surface area contributed by atoms with Gasteiger partial charge in [-0.25, -0.2) is 10.4 Å². The summed E-state index contributed by atoms with van der Waals surface area (Å²) in [5, 5.41) is 5.25. The molecule has 4 aromatic rings. The number of carbonyl (C=O) groups is 1. The van der Waals surface area contributed by atoms with Crippen LogP contribution in [0, 0.1) is 0 Å². The Morgan fingerprint density at radius 3 is 2.81 bits per heavy atom. The molecule has 36 heavy (non-hydrogen) atoms. The third-order valence-electron chi connectivity index (χ3n) is 5.91. The Hall–Kier alpha value is -2.95. The molecule has 0 atom stereocenters. The molecule has 2 aromatic carbocycles. The molecule has 2 heterocycles. The molecule has 0 bridgehead atoms. The van der Waals surface area contributed by atoms with E-state index < -0.39 is 0 Å². The van der Waals surface area contributed by atoms with Gasteiger partial charge in [0, 0.05) is 14.9 Å². The number of fused-ring (bicyclic) bond motifs is 3. The molecule has 1 N–H and O–H groups in total. The quantitative estimate of drug-likeness (QED) is 0.137. The van der Waals surface area contributed by atoms with Crippen molar-refractivity contribution in [1.29, 1.82) is 0 Å². The number of nitrogens with one attached hydrogen (secondary N) is 1. The van der Waals surface area contributed by atoms with E-state index in [-0.39, 0.29) is 17.2 Å². The van der Waals surface area contributed by atoms with Gasteiger partial charge in [-0.3, -0.25) is 14.2 Å². The third kappa shape index (κ3) is 5.11. The summed E-state index contributed by atoms with van der Waals surface area (Å²) in [5.74, 6) is 0.427. The number of amides is 1. The highest BCUT2D eigenvalue weighted by Crippen LogP contribution is 2.35. The summed E-state index contributed by atoms with van der Waals surface area (Å²) in [5.41, 5.74) is 5.07. The van der Waals surface area contributed by atoms with Gasteiger partial charge in [0.05, 0.1) is 30.2 Å². The second-order valence-electron chi connectivity index (χ2n) is 8.23. The summed E-state index contributed by atoms with van der Waals surface area (Å²) in [7, 11) is 1.58. The van der Waals surface area contributed by atoms with Crippen LogP contribution in [0.3, 0.4) is 0 Å². The minimum absolute atomic E-state index is 0.0584. The van der Waals surface area contributed by atoms with Crippen LogP contribution >= 0.6 is 39.0 Å². The maximum atomic E-state index is 13.8. The summed E-state index contributed by atoms with van der Waals surface area (Å²) in [4.78, 5) is 33.2. The van der Waals surface area contributed by atoms with Crippen molar-refractivity contribution >= 4 is 61.4 Å². The molecular formula is C26H23BrN4O3S2. The molecule has 1 amide bonds. The van der Waals surface area contributed by atoms with E-state index in [9.17, 15) is 9.59 Å². The number of para-hydroxylation sites is 1. The summed E-state index contributed by atoms with van der Waals surface area (Å²) in [6.07, 6.45) is 5.66. The number of methoxy groups -OCH3 is 1. The van der Waals surface area contributed by atoms with Crippen LogP contribution in [0.2, 0.25) is 0 Å². The second kappa shape index (κ2) is 11.0. The molecule has 7 nitrogen and oxygen atoms in total. The average Bonchev–Trinajstić information content (AvgIpc) is 3.27. The largest absolute Gasteiger partial charge is 0.496 e. The zero-order valence-electron chi connectivity index (χ0n) is 19.5. The first-order valence-corrected chi connectivity index (χ1v) is 14.1. The number of nitrogens with zero attached hydrogens (tertiary/aromatic N) is 3. The van der Waals surface area contributed by atoms with Crippen LogP contribution in [0.5, 0.6) is 5.75 Å². The Bertz CT molecular complexity index is 1510. The van der Waals surface area contributed by atoms with Gasteiger partial charge >= 0.3 is 0 Å². The second-order valence-corrected chi connectivity index (χ2v) is 11.2. The van der Waals surface area contributed by atoms with Gasteiger partial charge in [-0.1, -0.05) is 39.8 Å². The molecule has 1 aliphatic rings. The van der Waals surface area contributed by atoms with Crippen LogP contribution in [0.4, 0.5) is 0 Å². The molecule has 0 aliphatic heterocycles. The first-order valence-electron chi connectivity index (χ1n) is 11.5. The van der Waals surface area contributed by atoms with E-state index in [1.807, 2.05) is 48.5 Å². The number of ether oxygens (including phenoxy) is 1. The molecule has 0 saturated heterocycles. The number of benzene rings is 2. The zero-order chi connectivity index (χ0) is 25.1. The molecular weight excluding hydrogens is 560 g/mol. The normalized spacial score (nSPS) is 13.2. The van der Waals surface area contributed by atoms with Gasteiger partial charge in [0.2, 0.25) is 0 Å². The number of hydrogen-bond acceptors (Lipinski definition) is 7. The predicted octanol–water partition coefficient (Wildman–Crippen LogP) is 5.34. The van der Waals surface area contributed by atoms with Gasteiger partial charge in [-0.05, 0) is 67.6 Å². The van der Waals surface area contributed by atoms with Gasteiger partial charge < -0.3 is 4.74 Å². The van der Waals surface area contributed by atoms with Crippen molar-refractivity contribution in [1.82, 2.24) is 15.0 Å². The summed E-state index contributed by atoms with van der Waals surface area (Å²) >= 11 is 6.28. The van der Waals surface area contributed by atoms with Crippen LogP contribution in [-0.2, 0) is 17.6 Å². The Kier molecular flexibility index (Phi) is 7.54. The molecule has 0 radical (unpaired) electrons. The summed E-state index contributed by atoms with van der Waals surface area (Å²) < 4.78 is 7.83. The molecule has 1 aliphatic carbocycles. The number of halogens is 1. The summed E-state index contributed by atoms with van der Waals surface area (Å²) in [6.45, 7) is 0. The maximum absolute atomic E-state index is 13.8. The Morgan fingerprint density at radius 2 is 2.00 bits per heavy atom. The Labute approximate surface area is 224 Å². The smallest absolute Gasteiger partial charge is 0.267 e. The van der Waals surface area contributed by atoms with Crippen molar-refractivity contribution in [2.24, 2.45) is 5.10 Å². The molecule has 0 fully saturated rings.